The molecule has 0 radical (unpaired) electrons. The average molecular weight is 305 g/mol. The van der Waals surface area contributed by atoms with Crippen LogP contribution in [0.15, 0.2) is 42.9 Å². The number of piperazine rings is 1. The Morgan fingerprint density at radius 1 is 1.29 bits per heavy atom. The molecule has 0 aromatic carbocycles. The zero-order valence-electron chi connectivity index (χ0n) is 12.2. The van der Waals surface area contributed by atoms with E-state index in [1.165, 1.54) is 11.1 Å². The van der Waals surface area contributed by atoms with Crippen molar-refractivity contribution in [3.63, 3.8) is 0 Å². The number of hydrogen-bond donors (Lipinski definition) is 1. The molecule has 1 aliphatic rings. The van der Waals surface area contributed by atoms with E-state index in [9.17, 15) is 0 Å². The first-order valence-corrected chi connectivity index (χ1v) is 7.09. The monoisotopic (exact) mass is 304 g/mol. The lowest BCUT2D eigenvalue weighted by atomic mass is 10.0. The Labute approximate surface area is 132 Å². The predicted molar refractivity (Wildman–Crippen MR) is 86.5 cm³/mol. The van der Waals surface area contributed by atoms with Gasteiger partial charge < -0.3 is 5.32 Å². The van der Waals surface area contributed by atoms with Gasteiger partial charge in [0.15, 0.2) is 0 Å². The van der Waals surface area contributed by atoms with Crippen LogP contribution in [-0.4, -0.2) is 34.5 Å². The van der Waals surface area contributed by atoms with E-state index in [2.05, 4.69) is 38.4 Å². The van der Waals surface area contributed by atoms with E-state index in [0.717, 1.165) is 31.9 Å². The molecule has 4 nitrogen and oxygen atoms in total. The molecule has 1 aliphatic heterocycles. The van der Waals surface area contributed by atoms with E-state index in [-0.39, 0.29) is 12.4 Å². The van der Waals surface area contributed by atoms with Gasteiger partial charge >= 0.3 is 0 Å². The van der Waals surface area contributed by atoms with Gasteiger partial charge in [-0.1, -0.05) is 12.1 Å². The molecular weight excluding hydrogens is 284 g/mol. The third kappa shape index (κ3) is 4.00. The van der Waals surface area contributed by atoms with Gasteiger partial charge in [-0.15, -0.1) is 12.4 Å². The molecule has 0 saturated carbocycles. The molecule has 0 spiro atoms. The highest BCUT2D eigenvalue weighted by Crippen LogP contribution is 2.23. The fourth-order valence-corrected chi connectivity index (χ4v) is 2.66. The molecule has 21 heavy (non-hydrogen) atoms. The zero-order valence-corrected chi connectivity index (χ0v) is 13.0. The molecule has 3 heterocycles. The van der Waals surface area contributed by atoms with Gasteiger partial charge in [-0.2, -0.15) is 0 Å². The number of rotatable bonds is 3. The lowest BCUT2D eigenvalue weighted by Crippen LogP contribution is -2.45. The van der Waals surface area contributed by atoms with Crippen LogP contribution in [0, 0.1) is 6.92 Å². The quantitative estimate of drug-likeness (QED) is 0.945. The Balaban J connectivity index is 0.00000161. The minimum Gasteiger partial charge on any atom is -0.314 e. The van der Waals surface area contributed by atoms with Gasteiger partial charge in [0.2, 0.25) is 0 Å². The standard InChI is InChI=1S/C16H20N4.ClH/c1-13-4-5-14(9-19-13)12-20-8-7-18-11-16(20)15-3-2-6-17-10-15;/h2-6,9-10,16,18H,7-8,11-12H2,1H3;1H. The number of halogens is 1. The normalized spacial score (nSPS) is 19.0. The van der Waals surface area contributed by atoms with Crippen molar-refractivity contribution in [1.29, 1.82) is 0 Å². The van der Waals surface area contributed by atoms with E-state index in [1.54, 1.807) is 0 Å². The molecule has 5 heteroatoms. The molecule has 3 rings (SSSR count). The SMILES string of the molecule is Cc1ccc(CN2CCNCC2c2cccnc2)cn1.Cl. The van der Waals surface area contributed by atoms with Gasteiger partial charge in [-0.05, 0) is 30.2 Å². The number of nitrogens with zero attached hydrogens (tertiary/aromatic N) is 3. The van der Waals surface area contributed by atoms with Gasteiger partial charge in [0.1, 0.15) is 0 Å². The van der Waals surface area contributed by atoms with Crippen LogP contribution in [0.4, 0.5) is 0 Å². The predicted octanol–water partition coefficient (Wildman–Crippen LogP) is 2.35. The summed E-state index contributed by atoms with van der Waals surface area (Å²) in [6.45, 7) is 6.02. The lowest BCUT2D eigenvalue weighted by Gasteiger charge is -2.36. The van der Waals surface area contributed by atoms with Crippen molar-refractivity contribution in [2.75, 3.05) is 19.6 Å². The third-order valence-corrected chi connectivity index (χ3v) is 3.78. The van der Waals surface area contributed by atoms with E-state index in [1.807, 2.05) is 31.6 Å². The first-order chi connectivity index (χ1) is 9.83. The Hall–Kier alpha value is -1.49. The van der Waals surface area contributed by atoms with E-state index < -0.39 is 0 Å². The second-order valence-electron chi connectivity index (χ2n) is 5.28. The van der Waals surface area contributed by atoms with Crippen molar-refractivity contribution in [3.05, 3.63) is 59.7 Å². The summed E-state index contributed by atoms with van der Waals surface area (Å²) in [5.74, 6) is 0. The van der Waals surface area contributed by atoms with E-state index in [4.69, 9.17) is 0 Å². The fraction of sp³-hybridized carbons (Fsp3) is 0.375. The molecule has 1 fully saturated rings. The minimum absolute atomic E-state index is 0. The zero-order chi connectivity index (χ0) is 13.8. The number of pyridine rings is 2. The minimum atomic E-state index is 0. The van der Waals surface area contributed by atoms with Crippen molar-refractivity contribution < 1.29 is 0 Å². The Morgan fingerprint density at radius 2 is 2.19 bits per heavy atom. The van der Waals surface area contributed by atoms with Crippen molar-refractivity contribution in [1.82, 2.24) is 20.2 Å². The van der Waals surface area contributed by atoms with Gasteiger partial charge in [0.25, 0.3) is 0 Å². The van der Waals surface area contributed by atoms with E-state index in [0.29, 0.717) is 6.04 Å². The van der Waals surface area contributed by atoms with Crippen LogP contribution < -0.4 is 5.32 Å². The number of aryl methyl sites for hydroxylation is 1. The maximum atomic E-state index is 4.39. The van der Waals surface area contributed by atoms with Crippen LogP contribution in [0.25, 0.3) is 0 Å². The molecular formula is C16H21ClN4. The summed E-state index contributed by atoms with van der Waals surface area (Å²) in [4.78, 5) is 11.1. The summed E-state index contributed by atoms with van der Waals surface area (Å²) in [7, 11) is 0. The van der Waals surface area contributed by atoms with E-state index >= 15 is 0 Å². The first-order valence-electron chi connectivity index (χ1n) is 7.09. The van der Waals surface area contributed by atoms with Crippen molar-refractivity contribution in [3.8, 4) is 0 Å². The van der Waals surface area contributed by atoms with Crippen molar-refractivity contribution in [2.24, 2.45) is 0 Å². The fourth-order valence-electron chi connectivity index (χ4n) is 2.66. The van der Waals surface area contributed by atoms with Gasteiger partial charge in [-0.3, -0.25) is 14.9 Å². The largest absolute Gasteiger partial charge is 0.314 e. The Kier molecular flexibility index (Phi) is 5.67. The lowest BCUT2D eigenvalue weighted by molar-refractivity contribution is 0.153. The third-order valence-electron chi connectivity index (χ3n) is 3.78. The molecule has 0 amide bonds. The highest BCUT2D eigenvalue weighted by molar-refractivity contribution is 5.85. The van der Waals surface area contributed by atoms with Crippen LogP contribution in [0.1, 0.15) is 22.9 Å². The summed E-state index contributed by atoms with van der Waals surface area (Å²) < 4.78 is 0. The topological polar surface area (TPSA) is 41.0 Å². The maximum Gasteiger partial charge on any atom is 0.0492 e. The van der Waals surface area contributed by atoms with Crippen molar-refractivity contribution in [2.45, 2.75) is 19.5 Å². The van der Waals surface area contributed by atoms with Gasteiger partial charge in [0.05, 0.1) is 0 Å². The van der Waals surface area contributed by atoms with Crippen LogP contribution in [0.3, 0.4) is 0 Å². The summed E-state index contributed by atoms with van der Waals surface area (Å²) >= 11 is 0. The van der Waals surface area contributed by atoms with Gasteiger partial charge in [-0.25, -0.2) is 0 Å². The number of hydrogen-bond acceptors (Lipinski definition) is 4. The molecule has 1 saturated heterocycles. The summed E-state index contributed by atoms with van der Waals surface area (Å²) in [6.07, 6.45) is 5.78. The highest BCUT2D eigenvalue weighted by atomic mass is 35.5. The van der Waals surface area contributed by atoms with Crippen molar-refractivity contribution >= 4 is 12.4 Å². The second-order valence-corrected chi connectivity index (χ2v) is 5.28. The van der Waals surface area contributed by atoms with Gasteiger partial charge in [0, 0.05) is 56.5 Å². The second kappa shape index (κ2) is 7.50. The Morgan fingerprint density at radius 3 is 2.90 bits per heavy atom. The molecule has 0 bridgehead atoms. The first kappa shape index (κ1) is 15.9. The molecule has 1 N–H and O–H groups in total. The molecule has 0 aliphatic carbocycles. The summed E-state index contributed by atoms with van der Waals surface area (Å²) in [6, 6.07) is 8.81. The smallest absolute Gasteiger partial charge is 0.0492 e. The number of nitrogens with one attached hydrogen (secondary N) is 1. The molecule has 1 atom stereocenters. The number of aromatic nitrogens is 2. The Bertz CT molecular complexity index is 544. The maximum absolute atomic E-state index is 4.39. The van der Waals surface area contributed by atoms with Crippen LogP contribution >= 0.6 is 12.4 Å². The average Bonchev–Trinajstić information content (AvgIpc) is 2.51. The van der Waals surface area contributed by atoms with Crippen LogP contribution in [0.5, 0.6) is 0 Å². The van der Waals surface area contributed by atoms with Crippen LogP contribution in [0.2, 0.25) is 0 Å². The van der Waals surface area contributed by atoms with Crippen LogP contribution in [-0.2, 0) is 6.54 Å². The molecule has 112 valence electrons. The molecule has 1 unspecified atom stereocenters. The summed E-state index contributed by atoms with van der Waals surface area (Å²) in [5, 5.41) is 3.47. The molecule has 2 aromatic heterocycles. The highest BCUT2D eigenvalue weighted by Gasteiger charge is 2.23. The summed E-state index contributed by atoms with van der Waals surface area (Å²) in [5.41, 5.74) is 3.61. The molecule has 2 aromatic rings.